The maximum atomic E-state index is 11.7. The third-order valence-corrected chi connectivity index (χ3v) is 6.35. The summed E-state index contributed by atoms with van der Waals surface area (Å²) in [6.45, 7) is 14.3. The fourth-order valence-corrected chi connectivity index (χ4v) is 4.25. The molecule has 2 aromatic carbocycles. The van der Waals surface area contributed by atoms with Crippen LogP contribution >= 0.6 is 0 Å². The Balaban J connectivity index is 0.000000352. The van der Waals surface area contributed by atoms with Crippen molar-refractivity contribution in [2.75, 3.05) is 0 Å². The molecule has 0 spiro atoms. The van der Waals surface area contributed by atoms with Gasteiger partial charge in [0.2, 0.25) is 0 Å². The van der Waals surface area contributed by atoms with Gasteiger partial charge in [0.1, 0.15) is 6.33 Å². The van der Waals surface area contributed by atoms with Crippen LogP contribution < -0.4 is 0 Å². The van der Waals surface area contributed by atoms with Crippen LogP contribution in [0.2, 0.25) is 0 Å². The number of para-hydroxylation sites is 1. The summed E-state index contributed by atoms with van der Waals surface area (Å²) in [5.41, 5.74) is 6.54. The van der Waals surface area contributed by atoms with Crippen LogP contribution in [-0.4, -0.2) is 20.9 Å². The SMILES string of the molecule is CCC(CC)C(=O)/C=C(\O)C(CC)CC.Cc1[c-]c(-c2ncnc3c(C)cccc23)cc(C)c1.[Ir]. The molecule has 35 heavy (non-hydrogen) atoms. The molecule has 0 aliphatic heterocycles. The molecule has 1 aromatic heterocycles. The zero-order chi connectivity index (χ0) is 25.3. The molecule has 3 aromatic rings. The summed E-state index contributed by atoms with van der Waals surface area (Å²) in [6.07, 6.45) is 6.54. The summed E-state index contributed by atoms with van der Waals surface area (Å²) in [7, 11) is 0. The normalized spacial score (nSPS) is 11.3. The van der Waals surface area contributed by atoms with Crippen molar-refractivity contribution in [2.45, 2.75) is 74.1 Å². The minimum Gasteiger partial charge on any atom is -0.512 e. The van der Waals surface area contributed by atoms with Gasteiger partial charge in [-0.25, -0.2) is 4.98 Å². The minimum atomic E-state index is 0. The molecule has 0 aliphatic carbocycles. The standard InChI is InChI=1S/C17H15N2.C13H24O2.Ir/c1-11-7-12(2)9-14(8-11)17-15-6-4-5-13(3)16(15)18-10-19-17;1-5-10(6-2)12(14)9-13(15)11(7-3)8-4;/h4-8,10H,1-3H3;9-11,14H,5-8H2,1-4H3;/q-1;;/b;12-9-;. The molecular formula is C30H39IrN2O2-. The van der Waals surface area contributed by atoms with Crippen LogP contribution in [-0.2, 0) is 24.9 Å². The van der Waals surface area contributed by atoms with Gasteiger partial charge in [0.15, 0.2) is 5.78 Å². The molecule has 0 amide bonds. The van der Waals surface area contributed by atoms with Gasteiger partial charge >= 0.3 is 0 Å². The monoisotopic (exact) mass is 652 g/mol. The number of aryl methyl sites for hydroxylation is 3. The average molecular weight is 652 g/mol. The first-order chi connectivity index (χ1) is 16.2. The van der Waals surface area contributed by atoms with Crippen molar-refractivity contribution < 1.29 is 30.0 Å². The van der Waals surface area contributed by atoms with E-state index < -0.39 is 0 Å². The first-order valence-electron chi connectivity index (χ1n) is 12.4. The number of rotatable bonds is 8. The van der Waals surface area contributed by atoms with Gasteiger partial charge in [-0.2, -0.15) is 0 Å². The van der Waals surface area contributed by atoms with Crippen LogP contribution in [0, 0.1) is 38.7 Å². The number of aromatic nitrogens is 2. The number of aliphatic hydroxyl groups is 1. The van der Waals surface area contributed by atoms with Gasteiger partial charge in [0, 0.05) is 38.0 Å². The molecule has 0 aliphatic rings. The van der Waals surface area contributed by atoms with Gasteiger partial charge in [-0.05, 0) is 49.3 Å². The minimum absolute atomic E-state index is 0. The molecule has 1 radical (unpaired) electrons. The molecule has 0 atom stereocenters. The molecule has 191 valence electrons. The van der Waals surface area contributed by atoms with Gasteiger partial charge in [0.05, 0.1) is 11.3 Å². The van der Waals surface area contributed by atoms with E-state index in [9.17, 15) is 9.90 Å². The Kier molecular flexibility index (Phi) is 13.1. The number of benzene rings is 2. The van der Waals surface area contributed by atoms with Crippen molar-refractivity contribution >= 4 is 16.7 Å². The molecule has 4 nitrogen and oxygen atoms in total. The molecule has 0 unspecified atom stereocenters. The van der Waals surface area contributed by atoms with E-state index in [2.05, 4.69) is 61.1 Å². The van der Waals surface area contributed by atoms with Crippen molar-refractivity contribution in [1.82, 2.24) is 9.97 Å². The van der Waals surface area contributed by atoms with Crippen molar-refractivity contribution in [3.05, 3.63) is 71.3 Å². The zero-order valence-electron chi connectivity index (χ0n) is 22.1. The quantitative estimate of drug-likeness (QED) is 0.153. The number of carbonyl (C=O) groups excluding carboxylic acids is 1. The molecule has 1 heterocycles. The molecule has 3 rings (SSSR count). The fraction of sp³-hybridized carbons (Fsp3) is 0.433. The number of aliphatic hydroxyl groups excluding tert-OH is 1. The Morgan fingerprint density at radius 3 is 2.17 bits per heavy atom. The van der Waals surface area contributed by atoms with E-state index in [1.165, 1.54) is 17.2 Å². The van der Waals surface area contributed by atoms with Crippen molar-refractivity contribution in [3.8, 4) is 11.3 Å². The van der Waals surface area contributed by atoms with Crippen LogP contribution in [0.1, 0.15) is 70.1 Å². The average Bonchev–Trinajstić information content (AvgIpc) is 2.80. The van der Waals surface area contributed by atoms with Gasteiger partial charge in [0.25, 0.3) is 0 Å². The summed E-state index contributed by atoms with van der Waals surface area (Å²) in [4.78, 5) is 20.6. The molecule has 1 N–H and O–H groups in total. The van der Waals surface area contributed by atoms with Crippen LogP contribution in [0.4, 0.5) is 0 Å². The van der Waals surface area contributed by atoms with Crippen molar-refractivity contribution in [3.63, 3.8) is 0 Å². The molecule has 0 fully saturated rings. The summed E-state index contributed by atoms with van der Waals surface area (Å²) in [6, 6.07) is 13.8. The van der Waals surface area contributed by atoms with E-state index in [1.54, 1.807) is 6.33 Å². The van der Waals surface area contributed by atoms with E-state index in [0.29, 0.717) is 0 Å². The van der Waals surface area contributed by atoms with E-state index in [1.807, 2.05) is 33.8 Å². The second-order valence-electron chi connectivity index (χ2n) is 8.95. The van der Waals surface area contributed by atoms with Crippen LogP contribution in [0.25, 0.3) is 22.2 Å². The molecule has 0 bridgehead atoms. The summed E-state index contributed by atoms with van der Waals surface area (Å²) in [5.74, 6) is 0.547. The zero-order valence-corrected chi connectivity index (χ0v) is 24.5. The van der Waals surface area contributed by atoms with E-state index in [0.717, 1.165) is 53.4 Å². The predicted octanol–water partition coefficient (Wildman–Crippen LogP) is 7.89. The second-order valence-corrected chi connectivity index (χ2v) is 8.95. The van der Waals surface area contributed by atoms with Gasteiger partial charge < -0.3 is 5.11 Å². The van der Waals surface area contributed by atoms with Crippen molar-refractivity contribution in [2.24, 2.45) is 11.8 Å². The summed E-state index contributed by atoms with van der Waals surface area (Å²) < 4.78 is 0. The smallest absolute Gasteiger partial charge is 0.162 e. The van der Waals surface area contributed by atoms with Gasteiger partial charge in [-0.15, -0.1) is 34.9 Å². The largest absolute Gasteiger partial charge is 0.512 e. The van der Waals surface area contributed by atoms with Crippen LogP contribution in [0.5, 0.6) is 0 Å². The Morgan fingerprint density at radius 2 is 1.60 bits per heavy atom. The number of hydrogen-bond acceptors (Lipinski definition) is 4. The van der Waals surface area contributed by atoms with E-state index >= 15 is 0 Å². The van der Waals surface area contributed by atoms with Gasteiger partial charge in [-0.1, -0.05) is 59.7 Å². The van der Waals surface area contributed by atoms with Crippen LogP contribution in [0.3, 0.4) is 0 Å². The Morgan fingerprint density at radius 1 is 0.971 bits per heavy atom. The Hall–Kier alpha value is -2.36. The van der Waals surface area contributed by atoms with Crippen LogP contribution in [0.15, 0.2) is 48.5 Å². The third kappa shape index (κ3) is 8.37. The van der Waals surface area contributed by atoms with E-state index in [-0.39, 0.29) is 43.5 Å². The number of fused-ring (bicyclic) bond motifs is 1. The fourth-order valence-electron chi connectivity index (χ4n) is 4.25. The first-order valence-corrected chi connectivity index (χ1v) is 12.4. The number of nitrogens with zero attached hydrogens (tertiary/aromatic N) is 2. The molecule has 0 saturated carbocycles. The molecule has 5 heteroatoms. The molecular weight excluding hydrogens is 613 g/mol. The second kappa shape index (κ2) is 14.9. The number of allylic oxidation sites excluding steroid dienone is 2. The number of hydrogen-bond donors (Lipinski definition) is 1. The third-order valence-electron chi connectivity index (χ3n) is 6.35. The van der Waals surface area contributed by atoms with Gasteiger partial charge in [-0.3, -0.25) is 9.78 Å². The summed E-state index contributed by atoms with van der Waals surface area (Å²) in [5, 5.41) is 10.8. The maximum Gasteiger partial charge on any atom is 0.162 e. The first kappa shape index (κ1) is 30.7. The molecule has 0 saturated heterocycles. The van der Waals surface area contributed by atoms with E-state index in [4.69, 9.17) is 0 Å². The number of carbonyl (C=O) groups is 1. The predicted molar refractivity (Wildman–Crippen MR) is 142 cm³/mol. The Bertz CT molecular complexity index is 1110. The topological polar surface area (TPSA) is 63.1 Å². The summed E-state index contributed by atoms with van der Waals surface area (Å²) >= 11 is 0. The Labute approximate surface area is 224 Å². The van der Waals surface area contributed by atoms with Crippen molar-refractivity contribution in [1.29, 1.82) is 0 Å². The number of ketones is 1. The maximum absolute atomic E-state index is 11.7.